The van der Waals surface area contributed by atoms with E-state index < -0.39 is 0 Å². The maximum atomic E-state index is 5.89. The lowest BCUT2D eigenvalue weighted by molar-refractivity contribution is 0.255. The van der Waals surface area contributed by atoms with Gasteiger partial charge in [-0.2, -0.15) is 0 Å². The van der Waals surface area contributed by atoms with E-state index in [-0.39, 0.29) is 0 Å². The number of halogens is 2. The van der Waals surface area contributed by atoms with Gasteiger partial charge in [0.25, 0.3) is 0 Å². The van der Waals surface area contributed by atoms with Gasteiger partial charge < -0.3 is 0 Å². The summed E-state index contributed by atoms with van der Waals surface area (Å²) < 4.78 is 0.595. The minimum absolute atomic E-state index is 0.322. The summed E-state index contributed by atoms with van der Waals surface area (Å²) in [6, 6.07) is 8.28. The highest BCUT2D eigenvalue weighted by Crippen LogP contribution is 2.25. The van der Waals surface area contributed by atoms with E-state index in [2.05, 4.69) is 36.0 Å². The minimum atomic E-state index is 0.322. The lowest BCUT2D eigenvalue weighted by atomic mass is 10.1. The van der Waals surface area contributed by atoms with E-state index in [1.54, 1.807) is 0 Å². The molecule has 0 spiro atoms. The second-order valence-corrected chi connectivity index (χ2v) is 6.36. The van der Waals surface area contributed by atoms with Gasteiger partial charge in [-0.1, -0.05) is 35.3 Å². The van der Waals surface area contributed by atoms with E-state index >= 15 is 0 Å². The summed E-state index contributed by atoms with van der Waals surface area (Å²) in [5.74, 6) is 0. The van der Waals surface area contributed by atoms with E-state index in [4.69, 9.17) is 23.2 Å². The van der Waals surface area contributed by atoms with Crippen molar-refractivity contribution in [1.82, 2.24) is 9.88 Å². The SMILES string of the molecule is CC(c1ccc(Cl)cc1)N(C)Cc1cnc(Cl)s1. The average molecular weight is 301 g/mol. The van der Waals surface area contributed by atoms with Gasteiger partial charge in [-0.15, -0.1) is 11.3 Å². The van der Waals surface area contributed by atoms with Crippen molar-refractivity contribution < 1.29 is 0 Å². The van der Waals surface area contributed by atoms with Crippen molar-refractivity contribution in [3.63, 3.8) is 0 Å². The van der Waals surface area contributed by atoms with E-state index in [1.165, 1.54) is 21.8 Å². The van der Waals surface area contributed by atoms with Gasteiger partial charge in [0, 0.05) is 28.7 Å². The molecule has 2 rings (SSSR count). The Hall–Kier alpha value is -0.610. The Morgan fingerprint density at radius 2 is 1.94 bits per heavy atom. The summed E-state index contributed by atoms with van der Waals surface area (Å²) in [5, 5.41) is 0.767. The fourth-order valence-electron chi connectivity index (χ4n) is 1.74. The summed E-state index contributed by atoms with van der Waals surface area (Å²) in [4.78, 5) is 7.48. The number of hydrogen-bond acceptors (Lipinski definition) is 3. The molecular weight excluding hydrogens is 287 g/mol. The van der Waals surface area contributed by atoms with Gasteiger partial charge in [0.15, 0.2) is 4.47 Å². The van der Waals surface area contributed by atoms with Crippen LogP contribution in [0.15, 0.2) is 30.5 Å². The Bertz CT molecular complexity index is 510. The van der Waals surface area contributed by atoms with Gasteiger partial charge in [0.2, 0.25) is 0 Å². The van der Waals surface area contributed by atoms with Crippen molar-refractivity contribution in [2.45, 2.75) is 19.5 Å². The lowest BCUT2D eigenvalue weighted by Crippen LogP contribution is -2.21. The quantitative estimate of drug-likeness (QED) is 0.817. The molecule has 1 aromatic carbocycles. The van der Waals surface area contributed by atoms with Gasteiger partial charge in [0.05, 0.1) is 0 Å². The molecule has 2 nitrogen and oxygen atoms in total. The molecule has 2 aromatic rings. The second kappa shape index (κ2) is 6.02. The van der Waals surface area contributed by atoms with Crippen LogP contribution in [0.3, 0.4) is 0 Å². The van der Waals surface area contributed by atoms with E-state index in [9.17, 15) is 0 Å². The topological polar surface area (TPSA) is 16.1 Å². The molecule has 0 amide bonds. The number of hydrogen-bond donors (Lipinski definition) is 0. The lowest BCUT2D eigenvalue weighted by Gasteiger charge is -2.24. The smallest absolute Gasteiger partial charge is 0.183 e. The molecule has 18 heavy (non-hydrogen) atoms. The second-order valence-electron chi connectivity index (χ2n) is 4.22. The summed E-state index contributed by atoms with van der Waals surface area (Å²) in [6.07, 6.45) is 1.83. The monoisotopic (exact) mass is 300 g/mol. The van der Waals surface area contributed by atoms with Crippen molar-refractivity contribution in [1.29, 1.82) is 0 Å². The van der Waals surface area contributed by atoms with Crippen LogP contribution in [0.1, 0.15) is 23.4 Å². The van der Waals surface area contributed by atoms with Gasteiger partial charge in [-0.05, 0) is 31.7 Å². The molecule has 1 atom stereocenters. The fraction of sp³-hybridized carbons (Fsp3) is 0.308. The van der Waals surface area contributed by atoms with Crippen LogP contribution < -0.4 is 0 Å². The average Bonchev–Trinajstić information content (AvgIpc) is 2.75. The molecule has 0 aliphatic carbocycles. The molecule has 1 heterocycles. The molecule has 0 N–H and O–H groups in total. The number of thiazole rings is 1. The first kappa shape index (κ1) is 13.8. The van der Waals surface area contributed by atoms with Crippen LogP contribution in [0.5, 0.6) is 0 Å². The van der Waals surface area contributed by atoms with Crippen molar-refractivity contribution >= 4 is 34.5 Å². The van der Waals surface area contributed by atoms with Gasteiger partial charge in [0.1, 0.15) is 0 Å². The maximum absolute atomic E-state index is 5.89. The normalized spacial score (nSPS) is 12.9. The predicted octanol–water partition coefficient (Wildman–Crippen LogP) is 4.64. The van der Waals surface area contributed by atoms with Crippen molar-refractivity contribution in [3.05, 3.63) is 50.4 Å². The number of nitrogens with zero attached hydrogens (tertiary/aromatic N) is 2. The molecular formula is C13H14Cl2N2S. The van der Waals surface area contributed by atoms with Crippen LogP contribution >= 0.6 is 34.5 Å². The number of aromatic nitrogens is 1. The molecule has 0 bridgehead atoms. The largest absolute Gasteiger partial charge is 0.295 e. The van der Waals surface area contributed by atoms with Crippen LogP contribution in [0.4, 0.5) is 0 Å². The van der Waals surface area contributed by atoms with Gasteiger partial charge in [-0.25, -0.2) is 4.98 Å². The maximum Gasteiger partial charge on any atom is 0.183 e. The fourth-order valence-corrected chi connectivity index (χ4v) is 2.90. The Morgan fingerprint density at radius 3 is 2.50 bits per heavy atom. The van der Waals surface area contributed by atoms with Crippen LogP contribution in [0.2, 0.25) is 9.49 Å². The molecule has 0 saturated heterocycles. The highest BCUT2D eigenvalue weighted by atomic mass is 35.5. The summed E-state index contributed by atoms with van der Waals surface area (Å²) in [6.45, 7) is 3.01. The van der Waals surface area contributed by atoms with Crippen molar-refractivity contribution in [2.75, 3.05) is 7.05 Å². The third-order valence-electron chi connectivity index (χ3n) is 2.94. The standard InChI is InChI=1S/C13H14Cl2N2S/c1-9(10-3-5-11(14)6-4-10)17(2)8-12-7-16-13(15)18-12/h3-7,9H,8H2,1-2H3. The van der Waals surface area contributed by atoms with Crippen LogP contribution in [-0.4, -0.2) is 16.9 Å². The zero-order chi connectivity index (χ0) is 13.1. The molecule has 0 radical (unpaired) electrons. The van der Waals surface area contributed by atoms with Gasteiger partial charge in [-0.3, -0.25) is 4.90 Å². The number of rotatable bonds is 4. The summed E-state index contributed by atoms with van der Waals surface area (Å²) in [5.41, 5.74) is 1.25. The molecule has 0 saturated carbocycles. The van der Waals surface area contributed by atoms with E-state index in [1.807, 2.05) is 18.3 Å². The van der Waals surface area contributed by atoms with Crippen LogP contribution in [0.25, 0.3) is 0 Å². The first-order valence-electron chi connectivity index (χ1n) is 5.62. The van der Waals surface area contributed by atoms with Crippen molar-refractivity contribution in [3.8, 4) is 0 Å². The Balaban J connectivity index is 2.04. The van der Waals surface area contributed by atoms with E-state index in [0.717, 1.165) is 11.6 Å². The van der Waals surface area contributed by atoms with Crippen LogP contribution in [0, 0.1) is 0 Å². The molecule has 1 unspecified atom stereocenters. The van der Waals surface area contributed by atoms with Crippen molar-refractivity contribution in [2.24, 2.45) is 0 Å². The third kappa shape index (κ3) is 3.45. The highest BCUT2D eigenvalue weighted by Gasteiger charge is 2.13. The number of benzene rings is 1. The first-order chi connectivity index (χ1) is 8.56. The zero-order valence-corrected chi connectivity index (χ0v) is 12.6. The highest BCUT2D eigenvalue weighted by molar-refractivity contribution is 7.15. The third-order valence-corrected chi connectivity index (χ3v) is 4.30. The predicted molar refractivity (Wildman–Crippen MR) is 78.5 cm³/mol. The molecule has 0 aliphatic rings. The Morgan fingerprint density at radius 1 is 1.28 bits per heavy atom. The first-order valence-corrected chi connectivity index (χ1v) is 7.19. The minimum Gasteiger partial charge on any atom is -0.295 e. The zero-order valence-electron chi connectivity index (χ0n) is 10.2. The summed E-state index contributed by atoms with van der Waals surface area (Å²) in [7, 11) is 2.09. The van der Waals surface area contributed by atoms with Crippen LogP contribution in [-0.2, 0) is 6.54 Å². The van der Waals surface area contributed by atoms with Gasteiger partial charge >= 0.3 is 0 Å². The van der Waals surface area contributed by atoms with E-state index in [0.29, 0.717) is 10.5 Å². The Kier molecular flexibility index (Phi) is 4.62. The molecule has 96 valence electrons. The molecule has 5 heteroatoms. The Labute approximate surface area is 121 Å². The molecule has 0 fully saturated rings. The summed E-state index contributed by atoms with van der Waals surface area (Å²) >= 11 is 13.2. The molecule has 0 aliphatic heterocycles. The molecule has 1 aromatic heterocycles.